The van der Waals surface area contributed by atoms with Gasteiger partial charge < -0.3 is 14.5 Å². The molecule has 7 heteroatoms. The number of amides is 1. The molecule has 2 atom stereocenters. The fourth-order valence-corrected chi connectivity index (χ4v) is 4.03. The van der Waals surface area contributed by atoms with E-state index in [9.17, 15) is 9.90 Å². The van der Waals surface area contributed by atoms with Crippen LogP contribution in [0.4, 0.5) is 0 Å². The molecule has 0 saturated carbocycles. The van der Waals surface area contributed by atoms with Gasteiger partial charge in [0.25, 0.3) is 0 Å². The van der Waals surface area contributed by atoms with E-state index >= 15 is 0 Å². The number of aliphatic hydroxyl groups is 1. The maximum Gasteiger partial charge on any atom is 0.227 e. The Bertz CT molecular complexity index is 975. The molecule has 1 aromatic heterocycles. The number of likely N-dealkylation sites (tertiary alicyclic amines) is 1. The van der Waals surface area contributed by atoms with E-state index in [1.807, 2.05) is 47.4 Å². The summed E-state index contributed by atoms with van der Waals surface area (Å²) in [5.41, 5.74) is 1.70. The molecule has 1 saturated heterocycles. The summed E-state index contributed by atoms with van der Waals surface area (Å²) >= 11 is 5.91. The quantitative estimate of drug-likeness (QED) is 0.605. The van der Waals surface area contributed by atoms with Crippen LogP contribution < -0.4 is 0 Å². The minimum Gasteiger partial charge on any atom is -0.388 e. The Morgan fingerprint density at radius 1 is 1.20 bits per heavy atom. The standard InChI is InChI=1S/C23H24ClN3O3/c24-18-10-8-17(9-11-18)23-25-21(30-26-23)12-13-22(29)27-14-4-7-19(27)15-20(28)16-5-2-1-3-6-16/h1-3,5-6,8-11,19-20,28H,4,7,12-15H2. The molecule has 6 nitrogen and oxygen atoms in total. The average Bonchev–Trinajstić information content (AvgIpc) is 3.43. The maximum atomic E-state index is 12.8. The number of carbonyl (C=O) groups excluding carboxylic acids is 1. The molecule has 0 radical (unpaired) electrons. The highest BCUT2D eigenvalue weighted by Crippen LogP contribution is 2.28. The fourth-order valence-electron chi connectivity index (χ4n) is 3.91. The summed E-state index contributed by atoms with van der Waals surface area (Å²) in [4.78, 5) is 19.1. The lowest BCUT2D eigenvalue weighted by Crippen LogP contribution is -2.36. The van der Waals surface area contributed by atoms with Crippen LogP contribution in [0.1, 0.15) is 43.2 Å². The maximum absolute atomic E-state index is 12.8. The Balaban J connectivity index is 1.33. The number of benzene rings is 2. The van der Waals surface area contributed by atoms with Gasteiger partial charge in [-0.25, -0.2) is 0 Å². The van der Waals surface area contributed by atoms with E-state index in [0.29, 0.717) is 36.0 Å². The van der Waals surface area contributed by atoms with Crippen LogP contribution in [0.25, 0.3) is 11.4 Å². The van der Waals surface area contributed by atoms with Gasteiger partial charge in [0.2, 0.25) is 17.6 Å². The number of aryl methyl sites for hydroxylation is 1. The number of aromatic nitrogens is 2. The third kappa shape index (κ3) is 4.89. The highest BCUT2D eigenvalue weighted by atomic mass is 35.5. The van der Waals surface area contributed by atoms with E-state index in [1.54, 1.807) is 12.1 Å². The first-order valence-electron chi connectivity index (χ1n) is 10.2. The predicted octanol–water partition coefficient (Wildman–Crippen LogP) is 4.44. The molecular weight excluding hydrogens is 402 g/mol. The molecule has 2 heterocycles. The Labute approximate surface area is 180 Å². The van der Waals surface area contributed by atoms with Crippen molar-refractivity contribution in [2.45, 2.75) is 44.2 Å². The minimum atomic E-state index is -0.567. The molecule has 2 unspecified atom stereocenters. The van der Waals surface area contributed by atoms with Crippen molar-refractivity contribution >= 4 is 17.5 Å². The molecule has 156 valence electrons. The van der Waals surface area contributed by atoms with Gasteiger partial charge in [0, 0.05) is 36.0 Å². The number of carbonyl (C=O) groups is 1. The lowest BCUT2D eigenvalue weighted by atomic mass is 10.0. The topological polar surface area (TPSA) is 79.5 Å². The van der Waals surface area contributed by atoms with Gasteiger partial charge in [0.05, 0.1) is 6.10 Å². The van der Waals surface area contributed by atoms with E-state index < -0.39 is 6.10 Å². The highest BCUT2D eigenvalue weighted by molar-refractivity contribution is 6.30. The first-order valence-corrected chi connectivity index (χ1v) is 10.6. The molecule has 30 heavy (non-hydrogen) atoms. The normalized spacial score (nSPS) is 17.3. The smallest absolute Gasteiger partial charge is 0.227 e. The van der Waals surface area contributed by atoms with Gasteiger partial charge in [-0.15, -0.1) is 0 Å². The second kappa shape index (κ2) is 9.41. The SMILES string of the molecule is O=C(CCc1nc(-c2ccc(Cl)cc2)no1)N1CCCC1CC(O)c1ccccc1. The molecular formula is C23H24ClN3O3. The van der Waals surface area contributed by atoms with Gasteiger partial charge in [-0.05, 0) is 49.1 Å². The van der Waals surface area contributed by atoms with Crippen molar-refractivity contribution in [3.05, 3.63) is 71.1 Å². The molecule has 2 aromatic carbocycles. The van der Waals surface area contributed by atoms with Crippen LogP contribution in [-0.2, 0) is 11.2 Å². The van der Waals surface area contributed by atoms with E-state index in [0.717, 1.165) is 30.5 Å². The number of hydrogen-bond acceptors (Lipinski definition) is 5. The molecule has 1 amide bonds. The summed E-state index contributed by atoms with van der Waals surface area (Å²) in [6, 6.07) is 16.8. The molecule has 1 fully saturated rings. The lowest BCUT2D eigenvalue weighted by Gasteiger charge is -2.26. The summed E-state index contributed by atoms with van der Waals surface area (Å²) in [5.74, 6) is 0.983. The van der Waals surface area contributed by atoms with E-state index in [-0.39, 0.29) is 11.9 Å². The zero-order valence-corrected chi connectivity index (χ0v) is 17.3. The van der Waals surface area contributed by atoms with Crippen molar-refractivity contribution < 1.29 is 14.4 Å². The summed E-state index contributed by atoms with van der Waals surface area (Å²) in [6.07, 6.45) is 2.56. The van der Waals surface area contributed by atoms with Crippen molar-refractivity contribution in [2.24, 2.45) is 0 Å². The molecule has 0 aliphatic carbocycles. The number of nitrogens with zero attached hydrogens (tertiary/aromatic N) is 3. The molecule has 3 aromatic rings. The van der Waals surface area contributed by atoms with Gasteiger partial charge >= 0.3 is 0 Å². The third-order valence-corrected chi connectivity index (χ3v) is 5.75. The Kier molecular flexibility index (Phi) is 6.45. The highest BCUT2D eigenvalue weighted by Gasteiger charge is 2.30. The van der Waals surface area contributed by atoms with Gasteiger partial charge in [0.15, 0.2) is 0 Å². The molecule has 1 aliphatic heterocycles. The fraction of sp³-hybridized carbons (Fsp3) is 0.348. The molecule has 1 N–H and O–H groups in total. The second-order valence-corrected chi connectivity index (χ2v) is 8.00. The van der Waals surface area contributed by atoms with Crippen LogP contribution in [0.2, 0.25) is 5.02 Å². The van der Waals surface area contributed by atoms with Crippen LogP contribution in [0, 0.1) is 0 Å². The Morgan fingerprint density at radius 2 is 1.97 bits per heavy atom. The zero-order valence-electron chi connectivity index (χ0n) is 16.6. The number of hydrogen-bond donors (Lipinski definition) is 1. The largest absolute Gasteiger partial charge is 0.388 e. The monoisotopic (exact) mass is 425 g/mol. The zero-order chi connectivity index (χ0) is 20.9. The average molecular weight is 426 g/mol. The van der Waals surface area contributed by atoms with Crippen LogP contribution >= 0.6 is 11.6 Å². The molecule has 0 spiro atoms. The van der Waals surface area contributed by atoms with Gasteiger partial charge in [-0.1, -0.05) is 47.1 Å². The third-order valence-electron chi connectivity index (χ3n) is 5.50. The molecule has 0 bridgehead atoms. The van der Waals surface area contributed by atoms with E-state index in [4.69, 9.17) is 16.1 Å². The first-order chi connectivity index (χ1) is 14.6. The Hall–Kier alpha value is -2.70. The Morgan fingerprint density at radius 3 is 2.73 bits per heavy atom. The summed E-state index contributed by atoms with van der Waals surface area (Å²) < 4.78 is 5.31. The summed E-state index contributed by atoms with van der Waals surface area (Å²) in [5, 5.41) is 15.2. The van der Waals surface area contributed by atoms with Gasteiger partial charge in [-0.3, -0.25) is 4.79 Å². The van der Waals surface area contributed by atoms with Crippen molar-refractivity contribution in [1.82, 2.24) is 15.0 Å². The van der Waals surface area contributed by atoms with Crippen molar-refractivity contribution in [1.29, 1.82) is 0 Å². The van der Waals surface area contributed by atoms with Gasteiger partial charge in [-0.2, -0.15) is 4.98 Å². The number of halogens is 1. The van der Waals surface area contributed by atoms with Crippen LogP contribution in [0.5, 0.6) is 0 Å². The van der Waals surface area contributed by atoms with Crippen LogP contribution in [0.15, 0.2) is 59.1 Å². The van der Waals surface area contributed by atoms with Crippen LogP contribution in [-0.4, -0.2) is 38.6 Å². The molecule has 1 aliphatic rings. The number of rotatable bonds is 7. The van der Waals surface area contributed by atoms with Crippen LogP contribution in [0.3, 0.4) is 0 Å². The molecule has 4 rings (SSSR count). The second-order valence-electron chi connectivity index (χ2n) is 7.56. The first kappa shape index (κ1) is 20.6. The van der Waals surface area contributed by atoms with Crippen molar-refractivity contribution in [3.8, 4) is 11.4 Å². The lowest BCUT2D eigenvalue weighted by molar-refractivity contribution is -0.132. The predicted molar refractivity (Wildman–Crippen MR) is 114 cm³/mol. The van der Waals surface area contributed by atoms with E-state index in [2.05, 4.69) is 10.1 Å². The van der Waals surface area contributed by atoms with Crippen molar-refractivity contribution in [2.75, 3.05) is 6.54 Å². The summed E-state index contributed by atoms with van der Waals surface area (Å²) in [6.45, 7) is 0.727. The van der Waals surface area contributed by atoms with Gasteiger partial charge in [0.1, 0.15) is 0 Å². The van der Waals surface area contributed by atoms with E-state index in [1.165, 1.54) is 0 Å². The number of aliphatic hydroxyl groups excluding tert-OH is 1. The minimum absolute atomic E-state index is 0.0556. The summed E-state index contributed by atoms with van der Waals surface area (Å²) in [7, 11) is 0. The van der Waals surface area contributed by atoms with Crippen molar-refractivity contribution in [3.63, 3.8) is 0 Å².